The number of benzene rings is 2. The molecule has 0 aliphatic heterocycles. The topological polar surface area (TPSA) is 86.6 Å². The zero-order chi connectivity index (χ0) is 14.7. The van der Waals surface area contributed by atoms with Crippen molar-refractivity contribution in [2.24, 2.45) is 0 Å². The number of carboxylic acids is 1. The number of aromatic carboxylic acids is 1. The highest BCUT2D eigenvalue weighted by atomic mass is 19.1. The van der Waals surface area contributed by atoms with Gasteiger partial charge in [-0.1, -0.05) is 18.2 Å². The van der Waals surface area contributed by atoms with E-state index in [4.69, 9.17) is 5.11 Å². The van der Waals surface area contributed by atoms with E-state index in [1.807, 2.05) is 0 Å². The van der Waals surface area contributed by atoms with Crippen LogP contribution in [0.25, 0.3) is 0 Å². The first-order valence-electron chi connectivity index (χ1n) is 5.62. The molecule has 0 saturated heterocycles. The van der Waals surface area contributed by atoms with Gasteiger partial charge in [-0.05, 0) is 24.3 Å². The number of carboxylic acid groups (broad SMARTS) is 1. The summed E-state index contributed by atoms with van der Waals surface area (Å²) in [6.45, 7) is 0. The summed E-state index contributed by atoms with van der Waals surface area (Å²) >= 11 is 0. The predicted octanol–water partition coefficient (Wildman–Crippen LogP) is 2.48. The molecule has 0 fully saturated rings. The van der Waals surface area contributed by atoms with E-state index in [0.717, 1.165) is 6.07 Å². The number of nitrogens with one attached hydrogen (secondary N) is 1. The van der Waals surface area contributed by atoms with Crippen molar-refractivity contribution in [1.29, 1.82) is 0 Å². The molecule has 2 aromatic carbocycles. The van der Waals surface area contributed by atoms with Crippen molar-refractivity contribution < 1.29 is 24.2 Å². The molecule has 0 bridgehead atoms. The molecule has 0 heterocycles. The number of carbonyl (C=O) groups is 2. The minimum atomic E-state index is -1.33. The van der Waals surface area contributed by atoms with E-state index in [9.17, 15) is 19.1 Å². The van der Waals surface area contributed by atoms with Gasteiger partial charge in [0.2, 0.25) is 0 Å². The van der Waals surface area contributed by atoms with Crippen molar-refractivity contribution in [3.05, 3.63) is 59.4 Å². The number of hydrogen-bond acceptors (Lipinski definition) is 3. The average molecular weight is 275 g/mol. The summed E-state index contributed by atoms with van der Waals surface area (Å²) in [7, 11) is 0. The molecule has 0 radical (unpaired) electrons. The Labute approximate surface area is 113 Å². The van der Waals surface area contributed by atoms with E-state index in [1.165, 1.54) is 36.4 Å². The molecule has 3 N–H and O–H groups in total. The zero-order valence-electron chi connectivity index (χ0n) is 10.1. The largest absolute Gasteiger partial charge is 0.505 e. The molecule has 20 heavy (non-hydrogen) atoms. The third-order valence-electron chi connectivity index (χ3n) is 2.63. The highest BCUT2D eigenvalue weighted by Gasteiger charge is 2.16. The Morgan fingerprint density at radius 3 is 2.30 bits per heavy atom. The standard InChI is InChI=1S/C14H10FNO4/c15-10-6-2-1-4-8(10)13(18)16-11-7-3-5-9(12(11)17)14(19)20/h1-7,17H,(H,16,18)(H,19,20). The van der Waals surface area contributed by atoms with E-state index < -0.39 is 23.4 Å². The number of halogens is 1. The first-order chi connectivity index (χ1) is 9.50. The lowest BCUT2D eigenvalue weighted by Gasteiger charge is -2.09. The maximum atomic E-state index is 13.4. The van der Waals surface area contributed by atoms with Gasteiger partial charge in [0.1, 0.15) is 11.4 Å². The molecule has 5 nitrogen and oxygen atoms in total. The number of rotatable bonds is 3. The smallest absolute Gasteiger partial charge is 0.339 e. The first kappa shape index (κ1) is 13.5. The molecule has 0 unspecified atom stereocenters. The zero-order valence-corrected chi connectivity index (χ0v) is 10.1. The van der Waals surface area contributed by atoms with Crippen molar-refractivity contribution in [1.82, 2.24) is 0 Å². The minimum Gasteiger partial charge on any atom is -0.505 e. The van der Waals surface area contributed by atoms with Crippen LogP contribution >= 0.6 is 0 Å². The fourth-order valence-corrected chi connectivity index (χ4v) is 1.65. The molecule has 102 valence electrons. The molecule has 0 aliphatic carbocycles. The second-order valence-electron chi connectivity index (χ2n) is 3.94. The van der Waals surface area contributed by atoms with E-state index in [-0.39, 0.29) is 16.8 Å². The van der Waals surface area contributed by atoms with Crippen LogP contribution < -0.4 is 5.32 Å². The summed E-state index contributed by atoms with van der Waals surface area (Å²) in [6.07, 6.45) is 0. The summed E-state index contributed by atoms with van der Waals surface area (Å²) in [6, 6.07) is 9.21. The number of phenols is 1. The highest BCUT2D eigenvalue weighted by molar-refractivity contribution is 6.06. The number of para-hydroxylation sites is 1. The molecule has 1 amide bonds. The monoisotopic (exact) mass is 275 g/mol. The maximum Gasteiger partial charge on any atom is 0.339 e. The summed E-state index contributed by atoms with van der Waals surface area (Å²) in [5.74, 6) is -3.39. The predicted molar refractivity (Wildman–Crippen MR) is 69.4 cm³/mol. The van der Waals surface area contributed by atoms with Gasteiger partial charge in [0, 0.05) is 0 Å². The van der Waals surface area contributed by atoms with Crippen molar-refractivity contribution in [2.45, 2.75) is 0 Å². The van der Waals surface area contributed by atoms with Crippen LogP contribution in [0.3, 0.4) is 0 Å². The Morgan fingerprint density at radius 1 is 1.00 bits per heavy atom. The Hall–Kier alpha value is -2.89. The number of carbonyl (C=O) groups excluding carboxylic acids is 1. The van der Waals surface area contributed by atoms with E-state index >= 15 is 0 Å². The van der Waals surface area contributed by atoms with Gasteiger partial charge in [0.25, 0.3) is 5.91 Å². The Kier molecular flexibility index (Phi) is 3.65. The molecular formula is C14H10FNO4. The third kappa shape index (κ3) is 2.59. The SMILES string of the molecule is O=C(Nc1cccc(C(=O)O)c1O)c1ccccc1F. The van der Waals surface area contributed by atoms with Crippen molar-refractivity contribution in [2.75, 3.05) is 5.32 Å². The van der Waals surface area contributed by atoms with Crippen molar-refractivity contribution >= 4 is 17.6 Å². The number of anilines is 1. The highest BCUT2D eigenvalue weighted by Crippen LogP contribution is 2.28. The lowest BCUT2D eigenvalue weighted by atomic mass is 10.1. The number of hydrogen-bond donors (Lipinski definition) is 3. The molecule has 2 aromatic rings. The summed E-state index contributed by atoms with van der Waals surface area (Å²) < 4.78 is 13.4. The van der Waals surface area contributed by atoms with Crippen LogP contribution in [0.15, 0.2) is 42.5 Å². The number of aromatic hydroxyl groups is 1. The fraction of sp³-hybridized carbons (Fsp3) is 0. The third-order valence-corrected chi connectivity index (χ3v) is 2.63. The quantitative estimate of drug-likeness (QED) is 0.751. The summed E-state index contributed by atoms with van der Waals surface area (Å²) in [5.41, 5.74) is -0.651. The van der Waals surface area contributed by atoms with Gasteiger partial charge >= 0.3 is 5.97 Å². The van der Waals surface area contributed by atoms with Crippen LogP contribution in [0.5, 0.6) is 5.75 Å². The molecule has 0 atom stereocenters. The molecule has 6 heteroatoms. The van der Waals surface area contributed by atoms with Gasteiger partial charge in [-0.25, -0.2) is 9.18 Å². The van der Waals surface area contributed by atoms with Gasteiger partial charge in [-0.15, -0.1) is 0 Å². The molecule has 2 rings (SSSR count). The molecular weight excluding hydrogens is 265 g/mol. The van der Waals surface area contributed by atoms with E-state index in [0.29, 0.717) is 0 Å². The van der Waals surface area contributed by atoms with Gasteiger partial charge in [-0.2, -0.15) is 0 Å². The van der Waals surface area contributed by atoms with Crippen molar-refractivity contribution in [3.63, 3.8) is 0 Å². The first-order valence-corrected chi connectivity index (χ1v) is 5.62. The van der Waals surface area contributed by atoms with Crippen molar-refractivity contribution in [3.8, 4) is 5.75 Å². The van der Waals surface area contributed by atoms with Crippen LogP contribution in [0.1, 0.15) is 20.7 Å². The Bertz CT molecular complexity index is 685. The summed E-state index contributed by atoms with van der Waals surface area (Å²) in [4.78, 5) is 22.7. The normalized spacial score (nSPS) is 10.1. The lowest BCUT2D eigenvalue weighted by molar-refractivity contribution is 0.0693. The van der Waals surface area contributed by atoms with Crippen LogP contribution in [-0.4, -0.2) is 22.1 Å². The van der Waals surface area contributed by atoms with Gasteiger partial charge in [0.05, 0.1) is 11.3 Å². The summed E-state index contributed by atoms with van der Waals surface area (Å²) in [5, 5.41) is 20.9. The second kappa shape index (κ2) is 5.40. The molecule has 0 aromatic heterocycles. The molecule has 0 saturated carbocycles. The molecule has 0 aliphatic rings. The van der Waals surface area contributed by atoms with Crippen LogP contribution in [0.4, 0.5) is 10.1 Å². The average Bonchev–Trinajstić information content (AvgIpc) is 2.41. The molecule has 0 spiro atoms. The lowest BCUT2D eigenvalue weighted by Crippen LogP contribution is -2.14. The second-order valence-corrected chi connectivity index (χ2v) is 3.94. The Morgan fingerprint density at radius 2 is 1.65 bits per heavy atom. The Balaban J connectivity index is 2.32. The van der Waals surface area contributed by atoms with E-state index in [1.54, 1.807) is 0 Å². The number of amides is 1. The maximum absolute atomic E-state index is 13.4. The van der Waals surface area contributed by atoms with Gasteiger partial charge < -0.3 is 15.5 Å². The van der Waals surface area contributed by atoms with Crippen LogP contribution in [0, 0.1) is 5.82 Å². The minimum absolute atomic E-state index is 0.0989. The van der Waals surface area contributed by atoms with Crippen LogP contribution in [-0.2, 0) is 0 Å². The van der Waals surface area contributed by atoms with Gasteiger partial charge in [0.15, 0.2) is 5.75 Å². The van der Waals surface area contributed by atoms with Crippen LogP contribution in [0.2, 0.25) is 0 Å². The fourth-order valence-electron chi connectivity index (χ4n) is 1.65. The van der Waals surface area contributed by atoms with E-state index in [2.05, 4.69) is 5.32 Å². The van der Waals surface area contributed by atoms with Gasteiger partial charge in [-0.3, -0.25) is 4.79 Å².